The van der Waals surface area contributed by atoms with E-state index in [1.165, 1.54) is 6.92 Å². The maximum absolute atomic E-state index is 10.7. The molecule has 0 aromatic heterocycles. The third-order valence-electron chi connectivity index (χ3n) is 2.66. The number of hydrogen-bond acceptors (Lipinski definition) is 5. The molecule has 1 heterocycles. The van der Waals surface area contributed by atoms with E-state index in [0.29, 0.717) is 0 Å². The van der Waals surface area contributed by atoms with Crippen LogP contribution >= 0.6 is 7.60 Å². The Morgan fingerprint density at radius 2 is 1.69 bits per heavy atom. The molecule has 7 nitrogen and oxygen atoms in total. The Morgan fingerprint density at radius 1 is 1.12 bits per heavy atom. The molecule has 1 aliphatic heterocycles. The van der Waals surface area contributed by atoms with Gasteiger partial charge in [0.15, 0.2) is 0 Å². The Morgan fingerprint density at radius 3 is 2.19 bits per heavy atom. The molecule has 0 saturated carbocycles. The smallest absolute Gasteiger partial charge is 0.325 e. The lowest BCUT2D eigenvalue weighted by Crippen LogP contribution is -2.56. The summed E-state index contributed by atoms with van der Waals surface area (Å²) >= 11 is 0. The minimum atomic E-state index is -4.15. The van der Waals surface area contributed by atoms with Crippen LogP contribution in [0.3, 0.4) is 0 Å². The van der Waals surface area contributed by atoms with Crippen LogP contribution < -0.4 is 0 Å². The molecule has 1 rings (SSSR count). The summed E-state index contributed by atoms with van der Waals surface area (Å²) in [5, 5.41) is 28.4. The fourth-order valence-corrected chi connectivity index (χ4v) is 2.26. The van der Waals surface area contributed by atoms with Gasteiger partial charge in [-0.25, -0.2) is 0 Å². The normalized spacial score (nSPS) is 41.0. The first-order valence-corrected chi connectivity index (χ1v) is 6.76. The van der Waals surface area contributed by atoms with Gasteiger partial charge in [0.05, 0.1) is 18.4 Å². The highest BCUT2D eigenvalue weighted by atomic mass is 31.2. The van der Waals surface area contributed by atoms with Crippen LogP contribution in [0, 0.1) is 0 Å². The molecule has 16 heavy (non-hydrogen) atoms. The zero-order valence-electron chi connectivity index (χ0n) is 8.80. The molecule has 1 aliphatic rings. The van der Waals surface area contributed by atoms with Gasteiger partial charge in [-0.2, -0.15) is 0 Å². The summed E-state index contributed by atoms with van der Waals surface area (Å²) in [7, 11) is -4.15. The Hall–Kier alpha value is -0.0100. The van der Waals surface area contributed by atoms with Gasteiger partial charge in [0, 0.05) is 0 Å². The Bertz CT molecular complexity index is 278. The summed E-state index contributed by atoms with van der Waals surface area (Å²) in [6, 6.07) is 0. The molecule has 0 aliphatic carbocycles. The maximum atomic E-state index is 10.7. The van der Waals surface area contributed by atoms with E-state index in [1.807, 2.05) is 0 Å². The standard InChI is InChI=1S/C8H17O7P/c1-4-6(9)8(11)7(10)5(15-4)2-3-16(12,13)14/h4-11H,2-3H2,1H3,(H2,12,13,14)/t4?,5-,6-,7-,8-/m1/s1. The zero-order valence-corrected chi connectivity index (χ0v) is 9.70. The fourth-order valence-electron chi connectivity index (χ4n) is 1.67. The molecule has 0 amide bonds. The van der Waals surface area contributed by atoms with Crippen molar-refractivity contribution in [3.63, 3.8) is 0 Å². The van der Waals surface area contributed by atoms with Crippen molar-refractivity contribution in [3.8, 4) is 0 Å². The Kier molecular flexibility index (Phi) is 4.48. The van der Waals surface area contributed by atoms with Gasteiger partial charge in [-0.1, -0.05) is 0 Å². The molecular weight excluding hydrogens is 239 g/mol. The van der Waals surface area contributed by atoms with Gasteiger partial charge in [0.25, 0.3) is 0 Å². The van der Waals surface area contributed by atoms with Gasteiger partial charge in [-0.3, -0.25) is 4.57 Å². The summed E-state index contributed by atoms with van der Waals surface area (Å²) in [5.74, 6) is 0. The van der Waals surface area contributed by atoms with Crippen LogP contribution in [0.25, 0.3) is 0 Å². The Balaban J connectivity index is 2.57. The van der Waals surface area contributed by atoms with Crippen LogP contribution in [0.1, 0.15) is 13.3 Å². The fraction of sp³-hybridized carbons (Fsp3) is 1.00. The van der Waals surface area contributed by atoms with Crippen LogP contribution in [0.15, 0.2) is 0 Å². The number of aliphatic hydroxyl groups is 3. The Labute approximate surface area is 92.8 Å². The summed E-state index contributed by atoms with van der Waals surface area (Å²) < 4.78 is 15.8. The van der Waals surface area contributed by atoms with Crippen molar-refractivity contribution in [2.24, 2.45) is 0 Å². The predicted octanol–water partition coefficient (Wildman–Crippen LogP) is -1.58. The van der Waals surface area contributed by atoms with E-state index in [1.54, 1.807) is 0 Å². The van der Waals surface area contributed by atoms with Crippen molar-refractivity contribution in [1.29, 1.82) is 0 Å². The second kappa shape index (κ2) is 5.10. The third-order valence-corrected chi connectivity index (χ3v) is 3.50. The number of aliphatic hydroxyl groups excluding tert-OH is 3. The molecule has 0 aromatic carbocycles. The average molecular weight is 256 g/mol. The van der Waals surface area contributed by atoms with E-state index in [0.717, 1.165) is 0 Å². The van der Waals surface area contributed by atoms with Crippen LogP contribution in [0.2, 0.25) is 0 Å². The predicted molar refractivity (Wildman–Crippen MR) is 53.9 cm³/mol. The first kappa shape index (κ1) is 14.1. The van der Waals surface area contributed by atoms with Gasteiger partial charge >= 0.3 is 7.60 Å². The van der Waals surface area contributed by atoms with Crippen molar-refractivity contribution in [3.05, 3.63) is 0 Å². The molecule has 96 valence electrons. The number of ether oxygens (including phenoxy) is 1. The summed E-state index contributed by atoms with van der Waals surface area (Å²) in [6.45, 7) is 1.52. The SMILES string of the molecule is CC1O[C@H](CCP(=O)(O)O)[C@@H](O)[C@H](O)[C@@H]1O. The minimum absolute atomic E-state index is 0.0699. The summed E-state index contributed by atoms with van der Waals surface area (Å²) in [6.07, 6.45) is -5.94. The molecular formula is C8H17O7P. The zero-order chi connectivity index (χ0) is 12.5. The first-order valence-electron chi connectivity index (χ1n) is 4.96. The van der Waals surface area contributed by atoms with Gasteiger partial charge < -0.3 is 29.8 Å². The maximum Gasteiger partial charge on any atom is 0.325 e. The van der Waals surface area contributed by atoms with E-state index >= 15 is 0 Å². The van der Waals surface area contributed by atoms with Crippen LogP contribution in [-0.4, -0.2) is 61.8 Å². The molecule has 0 spiro atoms. The lowest BCUT2D eigenvalue weighted by atomic mass is 9.94. The van der Waals surface area contributed by atoms with Crippen molar-refractivity contribution in [2.45, 2.75) is 43.9 Å². The van der Waals surface area contributed by atoms with Crippen molar-refractivity contribution >= 4 is 7.60 Å². The summed E-state index contributed by atoms with van der Waals surface area (Å²) in [5.41, 5.74) is 0. The molecule has 5 atom stereocenters. The molecule has 1 saturated heterocycles. The molecule has 0 aromatic rings. The highest BCUT2D eigenvalue weighted by Gasteiger charge is 2.41. The lowest BCUT2D eigenvalue weighted by molar-refractivity contribution is -0.217. The average Bonchev–Trinajstić information content (AvgIpc) is 2.17. The van der Waals surface area contributed by atoms with Crippen molar-refractivity contribution < 1.29 is 34.4 Å². The third kappa shape index (κ3) is 3.49. The van der Waals surface area contributed by atoms with Gasteiger partial charge in [0.1, 0.15) is 18.3 Å². The molecule has 0 bridgehead atoms. The second-order valence-corrected chi connectivity index (χ2v) is 5.80. The molecule has 5 N–H and O–H groups in total. The minimum Gasteiger partial charge on any atom is -0.388 e. The van der Waals surface area contributed by atoms with E-state index < -0.39 is 44.3 Å². The molecule has 0 radical (unpaired) electrons. The molecule has 1 fully saturated rings. The quantitative estimate of drug-likeness (QED) is 0.386. The van der Waals surface area contributed by atoms with E-state index in [2.05, 4.69) is 0 Å². The van der Waals surface area contributed by atoms with Crippen molar-refractivity contribution in [2.75, 3.05) is 6.16 Å². The second-order valence-electron chi connectivity index (χ2n) is 4.03. The van der Waals surface area contributed by atoms with E-state index in [-0.39, 0.29) is 6.42 Å². The van der Waals surface area contributed by atoms with Crippen molar-refractivity contribution in [1.82, 2.24) is 0 Å². The lowest BCUT2D eigenvalue weighted by Gasteiger charge is -2.39. The van der Waals surface area contributed by atoms with Crippen LogP contribution in [0.5, 0.6) is 0 Å². The molecule has 8 heteroatoms. The summed E-state index contributed by atoms with van der Waals surface area (Å²) in [4.78, 5) is 17.4. The first-order chi connectivity index (χ1) is 7.22. The van der Waals surface area contributed by atoms with Crippen LogP contribution in [-0.2, 0) is 9.30 Å². The van der Waals surface area contributed by atoms with Gasteiger partial charge in [0.2, 0.25) is 0 Å². The molecule has 1 unspecified atom stereocenters. The monoisotopic (exact) mass is 256 g/mol. The van der Waals surface area contributed by atoms with Gasteiger partial charge in [-0.05, 0) is 13.3 Å². The van der Waals surface area contributed by atoms with E-state index in [9.17, 15) is 19.9 Å². The number of hydrogen-bond donors (Lipinski definition) is 5. The van der Waals surface area contributed by atoms with E-state index in [4.69, 9.17) is 14.5 Å². The number of rotatable bonds is 3. The highest BCUT2D eigenvalue weighted by Crippen LogP contribution is 2.37. The van der Waals surface area contributed by atoms with Gasteiger partial charge in [-0.15, -0.1) is 0 Å². The largest absolute Gasteiger partial charge is 0.388 e. The highest BCUT2D eigenvalue weighted by molar-refractivity contribution is 7.51. The van der Waals surface area contributed by atoms with Crippen LogP contribution in [0.4, 0.5) is 0 Å². The topological polar surface area (TPSA) is 127 Å².